The molecule has 2 heteroatoms. The van der Waals surface area contributed by atoms with Gasteiger partial charge in [0.2, 0.25) is 0 Å². The van der Waals surface area contributed by atoms with Crippen LogP contribution in [-0.4, -0.2) is 30.3 Å². The molecule has 0 amide bonds. The van der Waals surface area contributed by atoms with Crippen LogP contribution in [-0.2, 0) is 0 Å². The zero-order valence-corrected chi connectivity index (χ0v) is 8.72. The first-order valence-electron chi connectivity index (χ1n) is 5.04. The molecule has 0 aromatic carbocycles. The molecule has 1 fully saturated rings. The van der Waals surface area contributed by atoms with Gasteiger partial charge >= 0.3 is 0 Å². The molecule has 1 aliphatic rings. The molecule has 2 N–H and O–H groups in total. The van der Waals surface area contributed by atoms with E-state index in [9.17, 15) is 5.11 Å². The topological polar surface area (TPSA) is 24.7 Å². The van der Waals surface area contributed by atoms with Crippen molar-refractivity contribution in [3.05, 3.63) is 0 Å². The van der Waals surface area contributed by atoms with E-state index in [0.29, 0.717) is 12.0 Å². The third-order valence-electron chi connectivity index (χ3n) is 3.66. The average molecular weight is 172 g/mol. The lowest BCUT2D eigenvalue weighted by molar-refractivity contribution is -0.916. The zero-order valence-electron chi connectivity index (χ0n) is 8.72. The second-order valence-electron chi connectivity index (χ2n) is 4.51. The maximum Gasteiger partial charge on any atom is 0.0872 e. The fourth-order valence-electron chi connectivity index (χ4n) is 2.27. The predicted octanol–water partition coefficient (Wildman–Crippen LogP) is 0.0705. The van der Waals surface area contributed by atoms with Crippen LogP contribution in [0.1, 0.15) is 33.6 Å². The van der Waals surface area contributed by atoms with E-state index in [4.69, 9.17) is 0 Å². The second kappa shape index (κ2) is 3.35. The van der Waals surface area contributed by atoms with Gasteiger partial charge in [-0.1, -0.05) is 13.8 Å². The molecule has 0 aromatic heterocycles. The Hall–Kier alpha value is -0.0800. The first kappa shape index (κ1) is 10.0. The molecule has 1 saturated heterocycles. The maximum absolute atomic E-state index is 10.2. The van der Waals surface area contributed by atoms with Crippen LogP contribution in [0.4, 0.5) is 0 Å². The van der Waals surface area contributed by atoms with Gasteiger partial charge in [0, 0.05) is 12.3 Å². The Morgan fingerprint density at radius 1 is 1.50 bits per heavy atom. The molecular weight excluding hydrogens is 150 g/mol. The van der Waals surface area contributed by atoms with Gasteiger partial charge in [-0.25, -0.2) is 0 Å². The van der Waals surface area contributed by atoms with Crippen LogP contribution in [0, 0.1) is 5.92 Å². The molecule has 1 aliphatic heterocycles. The molecule has 0 saturated carbocycles. The summed E-state index contributed by atoms with van der Waals surface area (Å²) in [6, 6.07) is 0.603. The van der Waals surface area contributed by atoms with Crippen LogP contribution in [0.25, 0.3) is 0 Å². The SMILES string of the molecule is CC[C@]1(O)C[C@H](C)[NH+](C)C[C@@H]1C. The van der Waals surface area contributed by atoms with Crippen molar-refractivity contribution in [3.8, 4) is 0 Å². The lowest BCUT2D eigenvalue weighted by atomic mass is 9.77. The highest BCUT2D eigenvalue weighted by molar-refractivity contribution is 4.86. The summed E-state index contributed by atoms with van der Waals surface area (Å²) >= 11 is 0. The number of hydrogen-bond acceptors (Lipinski definition) is 1. The molecule has 0 aromatic rings. The molecule has 2 nitrogen and oxygen atoms in total. The van der Waals surface area contributed by atoms with Gasteiger partial charge in [0.1, 0.15) is 0 Å². The number of likely N-dealkylation sites (tertiary alicyclic amines) is 1. The smallest absolute Gasteiger partial charge is 0.0872 e. The van der Waals surface area contributed by atoms with E-state index >= 15 is 0 Å². The summed E-state index contributed by atoms with van der Waals surface area (Å²) < 4.78 is 0. The molecule has 1 heterocycles. The van der Waals surface area contributed by atoms with E-state index in [0.717, 1.165) is 19.4 Å². The van der Waals surface area contributed by atoms with Crippen LogP contribution >= 0.6 is 0 Å². The van der Waals surface area contributed by atoms with Gasteiger partial charge in [0.05, 0.1) is 25.2 Å². The van der Waals surface area contributed by atoms with Crippen molar-refractivity contribution >= 4 is 0 Å². The molecule has 4 atom stereocenters. The highest BCUT2D eigenvalue weighted by Crippen LogP contribution is 2.27. The first-order chi connectivity index (χ1) is 5.49. The number of hydrogen-bond donors (Lipinski definition) is 2. The van der Waals surface area contributed by atoms with Crippen molar-refractivity contribution in [2.45, 2.75) is 45.3 Å². The molecule has 1 unspecified atom stereocenters. The summed E-state index contributed by atoms with van der Waals surface area (Å²) in [5.41, 5.74) is -0.390. The van der Waals surface area contributed by atoms with E-state index in [-0.39, 0.29) is 5.60 Å². The monoisotopic (exact) mass is 172 g/mol. The van der Waals surface area contributed by atoms with Gasteiger partial charge in [0.15, 0.2) is 0 Å². The van der Waals surface area contributed by atoms with Crippen molar-refractivity contribution in [1.82, 2.24) is 0 Å². The van der Waals surface area contributed by atoms with Gasteiger partial charge in [-0.2, -0.15) is 0 Å². The van der Waals surface area contributed by atoms with Gasteiger partial charge in [-0.3, -0.25) is 0 Å². The minimum absolute atomic E-state index is 0.390. The Kier molecular flexibility index (Phi) is 2.79. The fraction of sp³-hybridized carbons (Fsp3) is 1.00. The van der Waals surface area contributed by atoms with Crippen LogP contribution < -0.4 is 4.90 Å². The minimum atomic E-state index is -0.390. The Balaban J connectivity index is 2.67. The highest BCUT2D eigenvalue weighted by Gasteiger charge is 2.41. The van der Waals surface area contributed by atoms with Crippen LogP contribution in [0.15, 0.2) is 0 Å². The molecule has 0 spiro atoms. The predicted molar refractivity (Wildman–Crippen MR) is 50.2 cm³/mol. The van der Waals surface area contributed by atoms with Crippen LogP contribution in [0.2, 0.25) is 0 Å². The van der Waals surface area contributed by atoms with Crippen molar-refractivity contribution in [2.24, 2.45) is 5.92 Å². The third-order valence-corrected chi connectivity index (χ3v) is 3.66. The summed E-state index contributed by atoms with van der Waals surface area (Å²) in [6.07, 6.45) is 1.85. The number of quaternary nitrogens is 1. The minimum Gasteiger partial charge on any atom is -0.389 e. The molecule has 0 aliphatic carbocycles. The highest BCUT2D eigenvalue weighted by atomic mass is 16.3. The molecule has 0 bridgehead atoms. The summed E-state index contributed by atoms with van der Waals surface area (Å²) in [4.78, 5) is 1.56. The quantitative estimate of drug-likeness (QED) is 0.575. The Labute approximate surface area is 75.6 Å². The molecule has 1 rings (SSSR count). The third kappa shape index (κ3) is 1.64. The van der Waals surface area contributed by atoms with E-state index in [1.54, 1.807) is 4.90 Å². The average Bonchev–Trinajstić information content (AvgIpc) is 2.01. The Morgan fingerprint density at radius 3 is 2.58 bits per heavy atom. The molecule has 12 heavy (non-hydrogen) atoms. The van der Waals surface area contributed by atoms with Gasteiger partial charge in [0.25, 0.3) is 0 Å². The number of aliphatic hydroxyl groups is 1. The van der Waals surface area contributed by atoms with Crippen molar-refractivity contribution < 1.29 is 10.0 Å². The maximum atomic E-state index is 10.2. The molecule has 0 radical (unpaired) electrons. The lowest BCUT2D eigenvalue weighted by Crippen LogP contribution is -3.15. The number of rotatable bonds is 1. The van der Waals surface area contributed by atoms with E-state index in [1.165, 1.54) is 0 Å². The van der Waals surface area contributed by atoms with Crippen LogP contribution in [0.3, 0.4) is 0 Å². The molecule has 72 valence electrons. The lowest BCUT2D eigenvalue weighted by Gasteiger charge is -2.42. The second-order valence-corrected chi connectivity index (χ2v) is 4.51. The number of piperidine rings is 1. The number of nitrogens with one attached hydrogen (secondary N) is 1. The van der Waals surface area contributed by atoms with Gasteiger partial charge in [-0.15, -0.1) is 0 Å². The normalized spacial score (nSPS) is 49.2. The largest absolute Gasteiger partial charge is 0.389 e. The van der Waals surface area contributed by atoms with E-state index in [2.05, 4.69) is 27.8 Å². The van der Waals surface area contributed by atoms with Crippen molar-refractivity contribution in [3.63, 3.8) is 0 Å². The zero-order chi connectivity index (χ0) is 9.35. The first-order valence-corrected chi connectivity index (χ1v) is 5.04. The summed E-state index contributed by atoms with van der Waals surface area (Å²) in [5.74, 6) is 0.443. The Bertz CT molecular complexity index is 160. The van der Waals surface area contributed by atoms with Crippen LogP contribution in [0.5, 0.6) is 0 Å². The van der Waals surface area contributed by atoms with Crippen molar-refractivity contribution in [1.29, 1.82) is 0 Å². The summed E-state index contributed by atoms with van der Waals surface area (Å²) in [5, 5.41) is 10.2. The molecular formula is C10H22NO+. The Morgan fingerprint density at radius 2 is 2.08 bits per heavy atom. The van der Waals surface area contributed by atoms with E-state index < -0.39 is 0 Å². The van der Waals surface area contributed by atoms with Gasteiger partial charge in [-0.05, 0) is 13.3 Å². The fourth-order valence-corrected chi connectivity index (χ4v) is 2.27. The summed E-state index contributed by atoms with van der Waals surface area (Å²) in [6.45, 7) is 7.58. The van der Waals surface area contributed by atoms with Gasteiger partial charge < -0.3 is 10.0 Å². The standard InChI is InChI=1S/C10H21NO/c1-5-10(12)6-9(3)11(4)7-8(10)2/h8-9,12H,5-7H2,1-4H3/p+1/t8-,9-,10-/m0/s1. The van der Waals surface area contributed by atoms with E-state index in [1.807, 2.05) is 0 Å². The van der Waals surface area contributed by atoms with Crippen molar-refractivity contribution in [2.75, 3.05) is 13.6 Å². The summed E-state index contributed by atoms with van der Waals surface area (Å²) in [7, 11) is 2.22.